The van der Waals surface area contributed by atoms with Crippen LogP contribution in [0.15, 0.2) is 54.6 Å². The van der Waals surface area contributed by atoms with Crippen molar-refractivity contribution in [1.29, 1.82) is 0 Å². The minimum atomic E-state index is -0.294. The second-order valence-corrected chi connectivity index (χ2v) is 8.89. The molecule has 2 N–H and O–H groups in total. The van der Waals surface area contributed by atoms with Gasteiger partial charge in [0, 0.05) is 15.5 Å². The van der Waals surface area contributed by atoms with Crippen LogP contribution in [0.4, 0.5) is 5.13 Å². The minimum absolute atomic E-state index is 0.0202. The average Bonchev–Trinajstić information content (AvgIpc) is 3.17. The molecule has 3 aromatic rings. The van der Waals surface area contributed by atoms with Crippen molar-refractivity contribution < 1.29 is 9.59 Å². The molecule has 5 nitrogen and oxygen atoms in total. The van der Waals surface area contributed by atoms with Crippen LogP contribution in [0, 0.1) is 0 Å². The molecule has 154 valence electrons. The second-order valence-electron chi connectivity index (χ2n) is 7.37. The molecule has 1 aliphatic carbocycles. The van der Waals surface area contributed by atoms with E-state index < -0.39 is 0 Å². The van der Waals surface area contributed by atoms with Gasteiger partial charge in [-0.3, -0.25) is 14.9 Å². The van der Waals surface area contributed by atoms with E-state index in [-0.39, 0.29) is 23.8 Å². The summed E-state index contributed by atoms with van der Waals surface area (Å²) in [5, 5.41) is 7.07. The van der Waals surface area contributed by atoms with E-state index in [1.54, 1.807) is 24.3 Å². The molecular formula is C23H22ClN3O2S. The molecule has 2 unspecified atom stereocenters. The molecule has 1 aromatic heterocycles. The fourth-order valence-corrected chi connectivity index (χ4v) is 4.82. The number of nitrogens with one attached hydrogen (secondary N) is 2. The maximum absolute atomic E-state index is 13.0. The van der Waals surface area contributed by atoms with Gasteiger partial charge in [-0.25, -0.2) is 4.98 Å². The molecule has 2 amide bonds. The smallest absolute Gasteiger partial charge is 0.257 e. The van der Waals surface area contributed by atoms with Gasteiger partial charge < -0.3 is 5.32 Å². The van der Waals surface area contributed by atoms with Gasteiger partial charge in [-0.1, -0.05) is 41.9 Å². The number of thiazole rings is 1. The first-order chi connectivity index (χ1) is 14.5. The number of amides is 2. The lowest BCUT2D eigenvalue weighted by Crippen LogP contribution is -2.33. The highest BCUT2D eigenvalue weighted by Crippen LogP contribution is 2.37. The number of benzene rings is 2. The predicted molar refractivity (Wildman–Crippen MR) is 120 cm³/mol. The minimum Gasteiger partial charge on any atom is -0.349 e. The molecule has 30 heavy (non-hydrogen) atoms. The third-order valence-electron chi connectivity index (χ3n) is 5.26. The fourth-order valence-electron chi connectivity index (χ4n) is 3.64. The molecule has 7 heteroatoms. The van der Waals surface area contributed by atoms with E-state index in [0.29, 0.717) is 15.7 Å². The highest BCUT2D eigenvalue weighted by atomic mass is 35.5. The van der Waals surface area contributed by atoms with Crippen molar-refractivity contribution in [3.63, 3.8) is 0 Å². The Morgan fingerprint density at radius 2 is 1.87 bits per heavy atom. The summed E-state index contributed by atoms with van der Waals surface area (Å²) in [6.45, 7) is 1.98. The van der Waals surface area contributed by atoms with Crippen LogP contribution in [0.3, 0.4) is 0 Å². The largest absolute Gasteiger partial charge is 0.349 e. The first kappa shape index (κ1) is 20.6. The first-order valence-corrected chi connectivity index (χ1v) is 11.1. The maximum Gasteiger partial charge on any atom is 0.257 e. The average molecular weight is 440 g/mol. The SMILES string of the molecule is CC(NC(=O)C1CCCc2sc(NC(=O)c3ccc(Cl)cc3)nc21)c1ccccc1. The van der Waals surface area contributed by atoms with Crippen molar-refractivity contribution in [1.82, 2.24) is 10.3 Å². The van der Waals surface area contributed by atoms with Crippen molar-refractivity contribution in [2.24, 2.45) is 0 Å². The Morgan fingerprint density at radius 3 is 2.60 bits per heavy atom. The number of hydrogen-bond donors (Lipinski definition) is 2. The van der Waals surface area contributed by atoms with Crippen LogP contribution in [-0.2, 0) is 11.2 Å². The Labute approximate surface area is 184 Å². The molecule has 0 bridgehead atoms. The molecule has 1 heterocycles. The Balaban J connectivity index is 1.47. The zero-order chi connectivity index (χ0) is 21.1. The summed E-state index contributed by atoms with van der Waals surface area (Å²) < 4.78 is 0. The van der Waals surface area contributed by atoms with E-state index in [0.717, 1.165) is 35.4 Å². The van der Waals surface area contributed by atoms with Crippen molar-refractivity contribution >= 4 is 39.9 Å². The molecule has 0 fully saturated rings. The van der Waals surface area contributed by atoms with Gasteiger partial charge in [0.25, 0.3) is 5.91 Å². The van der Waals surface area contributed by atoms with Crippen molar-refractivity contribution in [3.05, 3.63) is 81.3 Å². The van der Waals surface area contributed by atoms with Crippen LogP contribution in [0.5, 0.6) is 0 Å². The van der Waals surface area contributed by atoms with Crippen LogP contribution in [-0.4, -0.2) is 16.8 Å². The molecular weight excluding hydrogens is 418 g/mol. The molecule has 0 spiro atoms. The summed E-state index contributed by atoms with van der Waals surface area (Å²) in [6, 6.07) is 16.5. The van der Waals surface area contributed by atoms with Crippen molar-refractivity contribution in [3.8, 4) is 0 Å². The summed E-state index contributed by atoms with van der Waals surface area (Å²) in [5.41, 5.74) is 2.37. The number of fused-ring (bicyclic) bond motifs is 1. The molecule has 1 aliphatic rings. The van der Waals surface area contributed by atoms with Crippen molar-refractivity contribution in [2.75, 3.05) is 5.32 Å². The zero-order valence-corrected chi connectivity index (χ0v) is 18.1. The van der Waals surface area contributed by atoms with E-state index in [1.807, 2.05) is 37.3 Å². The van der Waals surface area contributed by atoms with Gasteiger partial charge in [-0.05, 0) is 56.0 Å². The van der Waals surface area contributed by atoms with Gasteiger partial charge in [0.15, 0.2) is 5.13 Å². The summed E-state index contributed by atoms with van der Waals surface area (Å²) in [5.74, 6) is -0.554. The number of rotatable bonds is 5. The first-order valence-electron chi connectivity index (χ1n) is 9.93. The number of carbonyl (C=O) groups is 2. The number of nitrogens with zero attached hydrogens (tertiary/aromatic N) is 1. The Kier molecular flexibility index (Phi) is 6.16. The number of halogens is 1. The Bertz CT molecular complexity index is 1050. The van der Waals surface area contributed by atoms with Crippen LogP contribution in [0.1, 0.15) is 58.2 Å². The monoisotopic (exact) mass is 439 g/mol. The summed E-state index contributed by atoms with van der Waals surface area (Å²) >= 11 is 7.33. The lowest BCUT2D eigenvalue weighted by molar-refractivity contribution is -0.123. The number of aromatic nitrogens is 1. The number of hydrogen-bond acceptors (Lipinski definition) is 4. The number of carbonyl (C=O) groups excluding carboxylic acids is 2. The maximum atomic E-state index is 13.0. The van der Waals surface area contributed by atoms with Crippen LogP contribution in [0.25, 0.3) is 0 Å². The van der Waals surface area contributed by atoms with Crippen molar-refractivity contribution in [2.45, 2.75) is 38.1 Å². The lowest BCUT2D eigenvalue weighted by Gasteiger charge is -2.23. The van der Waals surface area contributed by atoms with E-state index in [1.165, 1.54) is 11.3 Å². The van der Waals surface area contributed by atoms with E-state index in [4.69, 9.17) is 11.6 Å². The van der Waals surface area contributed by atoms with Crippen LogP contribution < -0.4 is 10.6 Å². The molecule has 0 saturated heterocycles. The zero-order valence-electron chi connectivity index (χ0n) is 16.5. The Hall–Kier alpha value is -2.70. The molecule has 4 rings (SSSR count). The van der Waals surface area contributed by atoms with Gasteiger partial charge in [0.2, 0.25) is 5.91 Å². The van der Waals surface area contributed by atoms with Gasteiger partial charge >= 0.3 is 0 Å². The van der Waals surface area contributed by atoms with Crippen LogP contribution in [0.2, 0.25) is 5.02 Å². The topological polar surface area (TPSA) is 71.1 Å². The van der Waals surface area contributed by atoms with Gasteiger partial charge in [0.05, 0.1) is 17.7 Å². The van der Waals surface area contributed by atoms with Crippen LogP contribution >= 0.6 is 22.9 Å². The summed E-state index contributed by atoms with van der Waals surface area (Å²) in [6.07, 6.45) is 2.56. The highest BCUT2D eigenvalue weighted by molar-refractivity contribution is 7.16. The number of aryl methyl sites for hydroxylation is 1. The number of anilines is 1. The predicted octanol–water partition coefficient (Wildman–Crippen LogP) is 5.35. The summed E-state index contributed by atoms with van der Waals surface area (Å²) in [4.78, 5) is 31.2. The third kappa shape index (κ3) is 4.55. The molecule has 0 saturated carbocycles. The molecule has 0 radical (unpaired) electrons. The molecule has 0 aliphatic heterocycles. The van der Waals surface area contributed by atoms with E-state index in [9.17, 15) is 9.59 Å². The lowest BCUT2D eigenvalue weighted by atomic mass is 9.90. The normalized spacial score (nSPS) is 16.4. The summed E-state index contributed by atoms with van der Waals surface area (Å²) in [7, 11) is 0. The highest BCUT2D eigenvalue weighted by Gasteiger charge is 2.31. The van der Waals surface area contributed by atoms with Gasteiger partial charge in [0.1, 0.15) is 0 Å². The van der Waals surface area contributed by atoms with E-state index >= 15 is 0 Å². The fraction of sp³-hybridized carbons (Fsp3) is 0.261. The Morgan fingerprint density at radius 1 is 1.13 bits per heavy atom. The molecule has 2 atom stereocenters. The standard InChI is InChI=1S/C23H22ClN3O2S/c1-14(15-6-3-2-4-7-15)25-22(29)18-8-5-9-19-20(18)26-23(30-19)27-21(28)16-10-12-17(24)13-11-16/h2-4,6-7,10-14,18H,5,8-9H2,1H3,(H,25,29)(H,26,27,28). The third-order valence-corrected chi connectivity index (χ3v) is 6.55. The van der Waals surface area contributed by atoms with Gasteiger partial charge in [-0.15, -0.1) is 11.3 Å². The van der Waals surface area contributed by atoms with Gasteiger partial charge in [-0.2, -0.15) is 0 Å². The molecule has 2 aromatic carbocycles. The second kappa shape index (κ2) is 8.98. The quantitative estimate of drug-likeness (QED) is 0.563. The van der Waals surface area contributed by atoms with E-state index in [2.05, 4.69) is 15.6 Å².